The van der Waals surface area contributed by atoms with Crippen molar-refractivity contribution in [1.29, 1.82) is 0 Å². The zero-order valence-electron chi connectivity index (χ0n) is 23.0. The molecule has 0 saturated heterocycles. The number of nitrogens with zero attached hydrogens (tertiary/aromatic N) is 1. The van der Waals surface area contributed by atoms with Gasteiger partial charge in [-0.05, 0) is 30.6 Å². The van der Waals surface area contributed by atoms with Crippen LogP contribution in [0.5, 0.6) is 11.5 Å². The minimum Gasteiger partial charge on any atom is -0.456 e. The molecule has 0 N–H and O–H groups in total. The Morgan fingerprint density at radius 1 is 0.974 bits per heavy atom. The second-order valence-electron chi connectivity index (χ2n) is 11.2. The van der Waals surface area contributed by atoms with Crippen LogP contribution in [-0.2, 0) is 10.2 Å². The van der Waals surface area contributed by atoms with Crippen molar-refractivity contribution in [2.24, 2.45) is 10.9 Å². The number of hydrogen-bond acceptors (Lipinski definition) is 5. The summed E-state index contributed by atoms with van der Waals surface area (Å²) in [5.74, 6) is 2.25. The molecule has 0 radical (unpaired) electrons. The van der Waals surface area contributed by atoms with Crippen LogP contribution in [0.1, 0.15) is 109 Å². The fraction of sp³-hybridized carbons (Fsp3) is 0.576. The van der Waals surface area contributed by atoms with Gasteiger partial charge in [0, 0.05) is 23.4 Å². The third-order valence-electron chi connectivity index (χ3n) is 8.44. The average molecular weight is 518 g/mol. The molecule has 4 aliphatic rings. The molecule has 5 rings (SSSR count). The van der Waals surface area contributed by atoms with Crippen molar-refractivity contribution in [2.75, 3.05) is 6.61 Å². The third-order valence-corrected chi connectivity index (χ3v) is 8.44. The molecular formula is C33H43NO4. The number of rotatable bonds is 16. The van der Waals surface area contributed by atoms with Crippen LogP contribution in [0.4, 0.5) is 4.79 Å². The summed E-state index contributed by atoms with van der Waals surface area (Å²) in [6, 6.07) is 5.79. The van der Waals surface area contributed by atoms with E-state index in [2.05, 4.69) is 24.1 Å². The van der Waals surface area contributed by atoms with E-state index in [1.165, 1.54) is 82.8 Å². The lowest BCUT2D eigenvalue weighted by atomic mass is 9.67. The largest absolute Gasteiger partial charge is 0.513 e. The van der Waals surface area contributed by atoms with Gasteiger partial charge in [0.2, 0.25) is 0 Å². The summed E-state index contributed by atoms with van der Waals surface area (Å²) in [6.45, 7) is 2.66. The molecule has 0 aromatic heterocycles. The van der Waals surface area contributed by atoms with Gasteiger partial charge in [-0.2, -0.15) is 0 Å². The van der Waals surface area contributed by atoms with E-state index in [0.717, 1.165) is 36.2 Å². The molecule has 0 bridgehead atoms. The maximum atomic E-state index is 12.5. The number of aliphatic imine (C=N–C) groups is 1. The molecule has 38 heavy (non-hydrogen) atoms. The van der Waals surface area contributed by atoms with Crippen LogP contribution in [0.3, 0.4) is 0 Å². The molecule has 1 spiro atoms. The van der Waals surface area contributed by atoms with Crippen molar-refractivity contribution < 1.29 is 19.0 Å². The van der Waals surface area contributed by atoms with Crippen molar-refractivity contribution in [1.82, 2.24) is 0 Å². The average Bonchev–Trinajstić information content (AvgIpc) is 3.65. The predicted octanol–water partition coefficient (Wildman–Crippen LogP) is 9.13. The van der Waals surface area contributed by atoms with Crippen molar-refractivity contribution in [2.45, 2.75) is 109 Å². The first-order chi connectivity index (χ1) is 18.7. The number of hydrogen-bond donors (Lipinski definition) is 0. The van der Waals surface area contributed by atoms with Gasteiger partial charge in [-0.3, -0.25) is 4.99 Å². The molecule has 2 atom stereocenters. The highest BCUT2D eigenvalue weighted by atomic mass is 16.7. The van der Waals surface area contributed by atoms with Crippen molar-refractivity contribution in [3.05, 3.63) is 59.5 Å². The summed E-state index contributed by atoms with van der Waals surface area (Å²) in [7, 11) is 0. The number of carbonyl (C=O) groups is 1. The van der Waals surface area contributed by atoms with Crippen LogP contribution in [0, 0.1) is 5.92 Å². The van der Waals surface area contributed by atoms with Crippen LogP contribution in [0.2, 0.25) is 0 Å². The number of benzene rings is 1. The lowest BCUT2D eigenvalue weighted by Gasteiger charge is -2.33. The molecule has 1 aromatic carbocycles. The van der Waals surface area contributed by atoms with E-state index in [9.17, 15) is 4.79 Å². The third kappa shape index (κ3) is 5.77. The number of para-hydroxylation sites is 1. The summed E-state index contributed by atoms with van der Waals surface area (Å²) in [6.07, 6.45) is 26.6. The Morgan fingerprint density at radius 2 is 1.66 bits per heavy atom. The van der Waals surface area contributed by atoms with Crippen molar-refractivity contribution in [3.8, 4) is 11.5 Å². The van der Waals surface area contributed by atoms with Gasteiger partial charge in [0.15, 0.2) is 11.5 Å². The summed E-state index contributed by atoms with van der Waals surface area (Å²) >= 11 is 0. The van der Waals surface area contributed by atoms with Crippen LogP contribution >= 0.6 is 0 Å². The van der Waals surface area contributed by atoms with E-state index in [0.29, 0.717) is 24.0 Å². The van der Waals surface area contributed by atoms with E-state index >= 15 is 0 Å². The summed E-state index contributed by atoms with van der Waals surface area (Å²) in [5.41, 5.74) is 3.06. The van der Waals surface area contributed by atoms with Crippen LogP contribution in [0.25, 0.3) is 0 Å². The highest BCUT2D eigenvalue weighted by Crippen LogP contribution is 2.64. The Labute approximate surface area is 228 Å². The lowest BCUT2D eigenvalue weighted by molar-refractivity contribution is 0.0963. The molecule has 5 heteroatoms. The molecule has 1 fully saturated rings. The minimum absolute atomic E-state index is 0.322. The molecule has 204 valence electrons. The first-order valence-electron chi connectivity index (χ1n) is 15.1. The molecule has 0 amide bonds. The Kier molecular flexibility index (Phi) is 9.03. The Balaban J connectivity index is 0.979. The standard InChI is InChI=1S/C33H43NO4/c1-2-3-4-5-6-7-8-9-10-11-12-13-14-15-22-36-32(35)37-29-20-17-19-26-31(29)38-30-21-16-18-25-24-34-28-23-27(28)33(25,26)30/h16-21,24,27H,2-15,22-23H2,1H3. The van der Waals surface area contributed by atoms with E-state index in [1.54, 1.807) is 6.07 Å². The zero-order chi connectivity index (χ0) is 26.2. The number of fused-ring (bicyclic) bond motifs is 2. The molecule has 2 aliphatic heterocycles. The first kappa shape index (κ1) is 26.8. The summed E-state index contributed by atoms with van der Waals surface area (Å²) < 4.78 is 17.3. The quantitative estimate of drug-likeness (QED) is 0.125. The molecule has 1 aromatic rings. The predicted molar refractivity (Wildman–Crippen MR) is 152 cm³/mol. The number of carbonyl (C=O) groups excluding carboxylic acids is 1. The summed E-state index contributed by atoms with van der Waals surface area (Å²) in [5, 5.41) is 0. The van der Waals surface area contributed by atoms with E-state index in [-0.39, 0.29) is 5.41 Å². The highest BCUT2D eigenvalue weighted by molar-refractivity contribution is 6.06. The number of ether oxygens (including phenoxy) is 3. The molecule has 2 heterocycles. The zero-order valence-corrected chi connectivity index (χ0v) is 23.0. The molecule has 1 saturated carbocycles. The molecule has 2 aliphatic carbocycles. The molecule has 2 unspecified atom stereocenters. The second kappa shape index (κ2) is 12.8. The second-order valence-corrected chi connectivity index (χ2v) is 11.2. The van der Waals surface area contributed by atoms with Gasteiger partial charge in [-0.15, -0.1) is 0 Å². The van der Waals surface area contributed by atoms with Crippen LogP contribution in [-0.4, -0.2) is 18.5 Å². The van der Waals surface area contributed by atoms with E-state index < -0.39 is 6.16 Å². The van der Waals surface area contributed by atoms with Gasteiger partial charge < -0.3 is 14.2 Å². The maximum absolute atomic E-state index is 12.5. The van der Waals surface area contributed by atoms with E-state index in [1.807, 2.05) is 24.4 Å². The van der Waals surface area contributed by atoms with Crippen LogP contribution in [0.15, 0.2) is 59.0 Å². The van der Waals surface area contributed by atoms with Gasteiger partial charge in [0.05, 0.1) is 12.0 Å². The highest BCUT2D eigenvalue weighted by Gasteiger charge is 2.62. The fourth-order valence-corrected chi connectivity index (χ4v) is 6.29. The van der Waals surface area contributed by atoms with E-state index in [4.69, 9.17) is 14.2 Å². The number of unbranched alkanes of at least 4 members (excludes halogenated alkanes) is 13. The SMILES string of the molecule is CCCCCCCCCCCCCCCCOC(=O)Oc1cccc2c1OC1=CC=CC3=CN=C4CC4C312. The van der Waals surface area contributed by atoms with Gasteiger partial charge in [-0.1, -0.05) is 115 Å². The summed E-state index contributed by atoms with van der Waals surface area (Å²) in [4.78, 5) is 17.0. The Morgan fingerprint density at radius 3 is 2.37 bits per heavy atom. The van der Waals surface area contributed by atoms with Gasteiger partial charge in [0.25, 0.3) is 0 Å². The van der Waals surface area contributed by atoms with Crippen molar-refractivity contribution in [3.63, 3.8) is 0 Å². The topological polar surface area (TPSA) is 57.1 Å². The van der Waals surface area contributed by atoms with Crippen LogP contribution < -0.4 is 9.47 Å². The van der Waals surface area contributed by atoms with Gasteiger partial charge >= 0.3 is 6.16 Å². The Hall–Kier alpha value is -2.82. The van der Waals surface area contributed by atoms with Gasteiger partial charge in [0.1, 0.15) is 5.76 Å². The lowest BCUT2D eigenvalue weighted by Crippen LogP contribution is -2.34. The van der Waals surface area contributed by atoms with Crippen molar-refractivity contribution >= 4 is 11.9 Å². The fourth-order valence-electron chi connectivity index (χ4n) is 6.29. The Bertz CT molecular complexity index is 1110. The smallest absolute Gasteiger partial charge is 0.456 e. The molecular weight excluding hydrogens is 474 g/mol. The maximum Gasteiger partial charge on any atom is 0.513 e. The minimum atomic E-state index is -0.663. The van der Waals surface area contributed by atoms with Gasteiger partial charge in [-0.25, -0.2) is 4.79 Å². The first-order valence-corrected chi connectivity index (χ1v) is 15.1. The molecule has 5 nitrogen and oxygen atoms in total. The normalized spacial score (nSPS) is 21.7. The number of allylic oxidation sites excluding steroid dienone is 4. The monoisotopic (exact) mass is 517 g/mol.